The number of hydrogen-bond donors (Lipinski definition) is 3. The SMILES string of the molecule is CC1CCCCC1CNC(=O)C1CNc2ccccc2N1. The van der Waals surface area contributed by atoms with E-state index < -0.39 is 0 Å². The van der Waals surface area contributed by atoms with Gasteiger partial charge in [-0.15, -0.1) is 0 Å². The first-order chi connectivity index (χ1) is 10.2. The number of para-hydroxylation sites is 2. The molecular weight excluding hydrogens is 262 g/mol. The van der Waals surface area contributed by atoms with Crippen molar-refractivity contribution in [2.45, 2.75) is 38.6 Å². The Morgan fingerprint density at radius 3 is 2.81 bits per heavy atom. The summed E-state index contributed by atoms with van der Waals surface area (Å²) in [5, 5.41) is 9.78. The summed E-state index contributed by atoms with van der Waals surface area (Å²) < 4.78 is 0. The highest BCUT2D eigenvalue weighted by Gasteiger charge is 2.26. The molecule has 0 spiro atoms. The molecule has 3 unspecified atom stereocenters. The van der Waals surface area contributed by atoms with Crippen LogP contribution in [0.2, 0.25) is 0 Å². The molecule has 21 heavy (non-hydrogen) atoms. The summed E-state index contributed by atoms with van der Waals surface area (Å²) in [6.45, 7) is 3.77. The highest BCUT2D eigenvalue weighted by atomic mass is 16.2. The van der Waals surface area contributed by atoms with Gasteiger partial charge in [-0.25, -0.2) is 0 Å². The van der Waals surface area contributed by atoms with Crippen LogP contribution in [0.25, 0.3) is 0 Å². The van der Waals surface area contributed by atoms with Crippen LogP contribution >= 0.6 is 0 Å². The van der Waals surface area contributed by atoms with E-state index in [1.165, 1.54) is 25.7 Å². The van der Waals surface area contributed by atoms with E-state index in [1.54, 1.807) is 0 Å². The molecule has 3 N–H and O–H groups in total. The van der Waals surface area contributed by atoms with Crippen LogP contribution in [0.5, 0.6) is 0 Å². The third-order valence-electron chi connectivity index (χ3n) is 4.90. The van der Waals surface area contributed by atoms with Gasteiger partial charge in [0.05, 0.1) is 11.4 Å². The van der Waals surface area contributed by atoms with Crippen LogP contribution in [0.4, 0.5) is 11.4 Å². The zero-order valence-electron chi connectivity index (χ0n) is 12.7. The van der Waals surface area contributed by atoms with Crippen LogP contribution in [0.15, 0.2) is 24.3 Å². The monoisotopic (exact) mass is 287 g/mol. The molecule has 1 heterocycles. The third kappa shape index (κ3) is 3.31. The van der Waals surface area contributed by atoms with Crippen molar-refractivity contribution in [3.8, 4) is 0 Å². The quantitative estimate of drug-likeness (QED) is 0.801. The first kappa shape index (κ1) is 14.2. The smallest absolute Gasteiger partial charge is 0.244 e. The number of hydrogen-bond acceptors (Lipinski definition) is 3. The van der Waals surface area contributed by atoms with E-state index in [0.29, 0.717) is 12.5 Å². The number of benzene rings is 1. The van der Waals surface area contributed by atoms with Crippen molar-refractivity contribution >= 4 is 17.3 Å². The number of fused-ring (bicyclic) bond motifs is 1. The maximum Gasteiger partial charge on any atom is 0.244 e. The van der Waals surface area contributed by atoms with E-state index in [9.17, 15) is 4.79 Å². The summed E-state index contributed by atoms with van der Waals surface area (Å²) in [4.78, 5) is 12.3. The van der Waals surface area contributed by atoms with Gasteiger partial charge in [0, 0.05) is 13.1 Å². The molecule has 2 aliphatic rings. The summed E-state index contributed by atoms with van der Waals surface area (Å²) in [7, 11) is 0. The topological polar surface area (TPSA) is 53.2 Å². The Morgan fingerprint density at radius 2 is 2.00 bits per heavy atom. The molecule has 1 fully saturated rings. The van der Waals surface area contributed by atoms with Crippen molar-refractivity contribution in [1.29, 1.82) is 0 Å². The molecule has 0 radical (unpaired) electrons. The van der Waals surface area contributed by atoms with Crippen molar-refractivity contribution < 1.29 is 4.79 Å². The second kappa shape index (κ2) is 6.37. The van der Waals surface area contributed by atoms with Gasteiger partial charge in [-0.05, 0) is 30.4 Å². The minimum atomic E-state index is -0.182. The number of nitrogens with one attached hydrogen (secondary N) is 3. The average molecular weight is 287 g/mol. The second-order valence-electron chi connectivity index (χ2n) is 6.39. The molecule has 0 bridgehead atoms. The summed E-state index contributed by atoms with van der Waals surface area (Å²) in [6.07, 6.45) is 5.20. The summed E-state index contributed by atoms with van der Waals surface area (Å²) >= 11 is 0. The Labute approximate surface area is 126 Å². The molecule has 1 saturated carbocycles. The molecular formula is C17H25N3O. The van der Waals surface area contributed by atoms with Crippen molar-refractivity contribution in [2.24, 2.45) is 11.8 Å². The fourth-order valence-electron chi connectivity index (χ4n) is 3.42. The van der Waals surface area contributed by atoms with Crippen molar-refractivity contribution in [2.75, 3.05) is 23.7 Å². The predicted octanol–water partition coefficient (Wildman–Crippen LogP) is 2.84. The normalized spacial score (nSPS) is 28.0. The molecule has 4 heteroatoms. The number of anilines is 2. The Hall–Kier alpha value is -1.71. The fourth-order valence-corrected chi connectivity index (χ4v) is 3.42. The lowest BCUT2D eigenvalue weighted by Crippen LogP contribution is -2.47. The van der Waals surface area contributed by atoms with E-state index >= 15 is 0 Å². The average Bonchev–Trinajstić information content (AvgIpc) is 2.53. The molecule has 3 atom stereocenters. The van der Waals surface area contributed by atoms with Gasteiger partial charge in [0.25, 0.3) is 0 Å². The van der Waals surface area contributed by atoms with Gasteiger partial charge in [-0.1, -0.05) is 38.3 Å². The van der Waals surface area contributed by atoms with E-state index in [0.717, 1.165) is 23.8 Å². The number of carbonyl (C=O) groups is 1. The lowest BCUT2D eigenvalue weighted by molar-refractivity contribution is -0.121. The standard InChI is InChI=1S/C17H25N3O/c1-12-6-2-3-7-13(12)10-19-17(21)16-11-18-14-8-4-5-9-15(14)20-16/h4-5,8-9,12-13,16,18,20H,2-3,6-7,10-11H2,1H3,(H,19,21). The Balaban J connectivity index is 1.52. The summed E-state index contributed by atoms with van der Waals surface area (Å²) in [6, 6.07) is 7.83. The molecule has 4 nitrogen and oxygen atoms in total. The zero-order valence-corrected chi connectivity index (χ0v) is 12.7. The van der Waals surface area contributed by atoms with Gasteiger partial charge in [-0.3, -0.25) is 4.79 Å². The second-order valence-corrected chi connectivity index (χ2v) is 6.39. The molecule has 1 aliphatic heterocycles. The van der Waals surface area contributed by atoms with Gasteiger partial charge in [0.2, 0.25) is 5.91 Å². The van der Waals surface area contributed by atoms with Crippen LogP contribution in [-0.2, 0) is 4.79 Å². The van der Waals surface area contributed by atoms with Crippen LogP contribution in [-0.4, -0.2) is 25.0 Å². The van der Waals surface area contributed by atoms with Crippen molar-refractivity contribution in [3.05, 3.63) is 24.3 Å². The van der Waals surface area contributed by atoms with Gasteiger partial charge in [0.15, 0.2) is 0 Å². The number of carbonyl (C=O) groups excluding carboxylic acids is 1. The zero-order chi connectivity index (χ0) is 14.7. The first-order valence-corrected chi connectivity index (χ1v) is 8.11. The molecule has 114 valence electrons. The van der Waals surface area contributed by atoms with Crippen LogP contribution in [0.1, 0.15) is 32.6 Å². The highest BCUT2D eigenvalue weighted by molar-refractivity contribution is 5.88. The lowest BCUT2D eigenvalue weighted by Gasteiger charge is -2.31. The summed E-state index contributed by atoms with van der Waals surface area (Å²) in [5.41, 5.74) is 2.08. The van der Waals surface area contributed by atoms with Gasteiger partial charge in [-0.2, -0.15) is 0 Å². The molecule has 1 amide bonds. The Morgan fingerprint density at radius 1 is 1.24 bits per heavy atom. The largest absolute Gasteiger partial charge is 0.381 e. The molecule has 0 aromatic heterocycles. The Bertz CT molecular complexity index is 503. The predicted molar refractivity (Wildman–Crippen MR) is 86.5 cm³/mol. The number of amides is 1. The lowest BCUT2D eigenvalue weighted by atomic mass is 9.80. The molecule has 1 aromatic rings. The van der Waals surface area contributed by atoms with E-state index in [1.807, 2.05) is 24.3 Å². The highest BCUT2D eigenvalue weighted by Crippen LogP contribution is 2.29. The maximum absolute atomic E-state index is 12.3. The minimum absolute atomic E-state index is 0.106. The van der Waals surface area contributed by atoms with Gasteiger partial charge < -0.3 is 16.0 Å². The molecule has 1 aliphatic carbocycles. The number of rotatable bonds is 3. The Kier molecular flexibility index (Phi) is 4.32. The van der Waals surface area contributed by atoms with Crippen LogP contribution in [0, 0.1) is 11.8 Å². The van der Waals surface area contributed by atoms with E-state index in [-0.39, 0.29) is 11.9 Å². The fraction of sp³-hybridized carbons (Fsp3) is 0.588. The van der Waals surface area contributed by atoms with E-state index in [2.05, 4.69) is 22.9 Å². The van der Waals surface area contributed by atoms with Gasteiger partial charge in [0.1, 0.15) is 6.04 Å². The van der Waals surface area contributed by atoms with Crippen molar-refractivity contribution in [3.63, 3.8) is 0 Å². The maximum atomic E-state index is 12.3. The van der Waals surface area contributed by atoms with Crippen LogP contribution in [0.3, 0.4) is 0 Å². The van der Waals surface area contributed by atoms with Crippen molar-refractivity contribution in [1.82, 2.24) is 5.32 Å². The first-order valence-electron chi connectivity index (χ1n) is 8.11. The van der Waals surface area contributed by atoms with E-state index in [4.69, 9.17) is 0 Å². The van der Waals surface area contributed by atoms with Crippen LogP contribution < -0.4 is 16.0 Å². The van der Waals surface area contributed by atoms with Gasteiger partial charge >= 0.3 is 0 Å². The third-order valence-corrected chi connectivity index (χ3v) is 4.90. The summed E-state index contributed by atoms with van der Waals surface area (Å²) in [5.74, 6) is 1.48. The molecule has 1 aromatic carbocycles. The molecule has 0 saturated heterocycles. The molecule has 3 rings (SSSR count). The minimum Gasteiger partial charge on any atom is -0.381 e.